The smallest absolute Gasteiger partial charge is 0.323 e. The number of carboxylic acid groups (broad SMARTS) is 1. The van der Waals surface area contributed by atoms with Gasteiger partial charge in [0.05, 0.1) is 0 Å². The number of hydrogen-bond acceptors (Lipinski definition) is 2. The number of carbonyl (C=O) groups excluding carboxylic acids is 1. The van der Waals surface area contributed by atoms with Gasteiger partial charge >= 0.3 is 5.97 Å². The number of nitrogens with zero attached hydrogens (tertiary/aromatic N) is 1. The molecule has 0 aromatic rings. The Balaban J connectivity index is 2.38. The van der Waals surface area contributed by atoms with E-state index < -0.39 is 5.97 Å². The van der Waals surface area contributed by atoms with Crippen molar-refractivity contribution in [3.05, 3.63) is 0 Å². The van der Waals surface area contributed by atoms with Crippen LogP contribution in [0.3, 0.4) is 0 Å². The average molecular weight is 213 g/mol. The Labute approximate surface area is 90.3 Å². The van der Waals surface area contributed by atoms with Crippen LogP contribution in [0.5, 0.6) is 0 Å². The van der Waals surface area contributed by atoms with E-state index in [0.29, 0.717) is 18.9 Å². The summed E-state index contributed by atoms with van der Waals surface area (Å²) < 4.78 is 0. The zero-order valence-corrected chi connectivity index (χ0v) is 9.24. The second-order valence-corrected chi connectivity index (χ2v) is 4.16. The van der Waals surface area contributed by atoms with Gasteiger partial charge in [-0.25, -0.2) is 0 Å². The number of hydrogen-bond donors (Lipinski definition) is 1. The minimum absolute atomic E-state index is 0.00759. The lowest BCUT2D eigenvalue weighted by Crippen LogP contribution is -2.36. The molecule has 0 saturated heterocycles. The van der Waals surface area contributed by atoms with Crippen molar-refractivity contribution in [3.63, 3.8) is 0 Å². The molecule has 1 saturated carbocycles. The standard InChI is InChI=1S/C11H19NO3/c1-2-12(8-11(14)15)10(13)7-9-5-3-4-6-9/h9H,2-8H2,1H3,(H,14,15). The summed E-state index contributed by atoms with van der Waals surface area (Å²) in [6.07, 6.45) is 5.19. The van der Waals surface area contributed by atoms with Crippen LogP contribution in [0.15, 0.2) is 0 Å². The number of carbonyl (C=O) groups is 2. The number of carboxylic acids is 1. The van der Waals surface area contributed by atoms with E-state index in [1.807, 2.05) is 6.92 Å². The maximum Gasteiger partial charge on any atom is 0.323 e. The van der Waals surface area contributed by atoms with Crippen LogP contribution < -0.4 is 0 Å². The average Bonchev–Trinajstić information content (AvgIpc) is 2.66. The molecular formula is C11H19NO3. The topological polar surface area (TPSA) is 57.6 Å². The van der Waals surface area contributed by atoms with E-state index in [-0.39, 0.29) is 12.5 Å². The SMILES string of the molecule is CCN(CC(=O)O)C(=O)CC1CCCC1. The Bertz CT molecular complexity index is 234. The van der Waals surface area contributed by atoms with Crippen molar-refractivity contribution < 1.29 is 14.7 Å². The van der Waals surface area contributed by atoms with Gasteiger partial charge in [-0.1, -0.05) is 12.8 Å². The molecule has 86 valence electrons. The van der Waals surface area contributed by atoms with Gasteiger partial charge in [-0.05, 0) is 25.7 Å². The van der Waals surface area contributed by atoms with Crippen molar-refractivity contribution in [3.8, 4) is 0 Å². The fourth-order valence-electron chi connectivity index (χ4n) is 2.13. The molecule has 1 amide bonds. The number of amides is 1. The predicted molar refractivity (Wildman–Crippen MR) is 56.5 cm³/mol. The lowest BCUT2D eigenvalue weighted by atomic mass is 10.0. The van der Waals surface area contributed by atoms with E-state index in [1.54, 1.807) is 0 Å². The van der Waals surface area contributed by atoms with Crippen LogP contribution in [-0.4, -0.2) is 35.0 Å². The Morgan fingerprint density at radius 1 is 1.33 bits per heavy atom. The molecule has 1 aliphatic carbocycles. The van der Waals surface area contributed by atoms with Gasteiger partial charge in [-0.15, -0.1) is 0 Å². The normalized spacial score (nSPS) is 16.6. The molecule has 0 aliphatic heterocycles. The minimum Gasteiger partial charge on any atom is -0.480 e. The van der Waals surface area contributed by atoms with Gasteiger partial charge in [0.1, 0.15) is 6.54 Å². The summed E-state index contributed by atoms with van der Waals surface area (Å²) >= 11 is 0. The summed E-state index contributed by atoms with van der Waals surface area (Å²) in [5.74, 6) is -0.455. The zero-order valence-electron chi connectivity index (χ0n) is 9.24. The van der Waals surface area contributed by atoms with Crippen LogP contribution >= 0.6 is 0 Å². The van der Waals surface area contributed by atoms with Crippen LogP contribution in [0.2, 0.25) is 0 Å². The number of likely N-dealkylation sites (N-methyl/N-ethyl adjacent to an activating group) is 1. The van der Waals surface area contributed by atoms with Crippen LogP contribution in [0.25, 0.3) is 0 Å². The summed E-state index contributed by atoms with van der Waals surface area (Å²) in [7, 11) is 0. The molecule has 1 rings (SSSR count). The van der Waals surface area contributed by atoms with Crippen molar-refractivity contribution in [2.24, 2.45) is 5.92 Å². The molecule has 4 heteroatoms. The molecule has 0 unspecified atom stereocenters. The number of rotatable bonds is 5. The van der Waals surface area contributed by atoms with E-state index in [9.17, 15) is 9.59 Å². The summed E-state index contributed by atoms with van der Waals surface area (Å²) in [5, 5.41) is 8.63. The molecule has 0 aromatic carbocycles. The molecule has 0 heterocycles. The fourth-order valence-corrected chi connectivity index (χ4v) is 2.13. The quantitative estimate of drug-likeness (QED) is 0.753. The fraction of sp³-hybridized carbons (Fsp3) is 0.818. The van der Waals surface area contributed by atoms with Crippen molar-refractivity contribution >= 4 is 11.9 Å². The Hall–Kier alpha value is -1.06. The molecular weight excluding hydrogens is 194 g/mol. The van der Waals surface area contributed by atoms with Gasteiger partial charge in [0.25, 0.3) is 0 Å². The van der Waals surface area contributed by atoms with Gasteiger partial charge in [0.2, 0.25) is 5.91 Å². The first kappa shape index (κ1) is 12.0. The maximum atomic E-state index is 11.7. The van der Waals surface area contributed by atoms with Crippen molar-refractivity contribution in [2.45, 2.75) is 39.0 Å². The lowest BCUT2D eigenvalue weighted by Gasteiger charge is -2.20. The van der Waals surface area contributed by atoms with Crippen LogP contribution in [-0.2, 0) is 9.59 Å². The predicted octanol–water partition coefficient (Wildman–Crippen LogP) is 1.50. The van der Waals surface area contributed by atoms with Crippen LogP contribution in [0.1, 0.15) is 39.0 Å². The molecule has 1 N–H and O–H groups in total. The summed E-state index contributed by atoms with van der Waals surface area (Å²) in [5.41, 5.74) is 0. The second kappa shape index (κ2) is 5.73. The molecule has 0 spiro atoms. The third-order valence-electron chi connectivity index (χ3n) is 3.00. The molecule has 0 aromatic heterocycles. The number of aliphatic carboxylic acids is 1. The van der Waals surface area contributed by atoms with Crippen LogP contribution in [0, 0.1) is 5.92 Å². The largest absolute Gasteiger partial charge is 0.480 e. The Morgan fingerprint density at radius 3 is 2.40 bits per heavy atom. The molecule has 15 heavy (non-hydrogen) atoms. The maximum absolute atomic E-state index is 11.7. The molecule has 1 aliphatic rings. The highest BCUT2D eigenvalue weighted by Crippen LogP contribution is 2.27. The van der Waals surface area contributed by atoms with Gasteiger partial charge in [-0.3, -0.25) is 9.59 Å². The van der Waals surface area contributed by atoms with E-state index in [0.717, 1.165) is 12.8 Å². The minimum atomic E-state index is -0.934. The first-order valence-corrected chi connectivity index (χ1v) is 5.63. The zero-order chi connectivity index (χ0) is 11.3. The Kier molecular flexibility index (Phi) is 4.59. The summed E-state index contributed by atoms with van der Waals surface area (Å²) in [4.78, 5) is 23.7. The summed E-state index contributed by atoms with van der Waals surface area (Å²) in [6.45, 7) is 2.13. The molecule has 4 nitrogen and oxygen atoms in total. The lowest BCUT2D eigenvalue weighted by molar-refractivity contribution is -0.144. The highest BCUT2D eigenvalue weighted by Gasteiger charge is 2.22. The van der Waals surface area contributed by atoms with E-state index in [1.165, 1.54) is 17.7 Å². The van der Waals surface area contributed by atoms with Crippen LogP contribution in [0.4, 0.5) is 0 Å². The Morgan fingerprint density at radius 2 is 1.93 bits per heavy atom. The highest BCUT2D eigenvalue weighted by molar-refractivity contribution is 5.81. The van der Waals surface area contributed by atoms with Gasteiger partial charge in [0, 0.05) is 13.0 Å². The highest BCUT2D eigenvalue weighted by atomic mass is 16.4. The van der Waals surface area contributed by atoms with Gasteiger partial charge in [0.15, 0.2) is 0 Å². The second-order valence-electron chi connectivity index (χ2n) is 4.16. The first-order valence-electron chi connectivity index (χ1n) is 5.63. The molecule has 0 atom stereocenters. The van der Waals surface area contributed by atoms with E-state index in [4.69, 9.17) is 5.11 Å². The van der Waals surface area contributed by atoms with Crippen molar-refractivity contribution in [2.75, 3.05) is 13.1 Å². The molecule has 1 fully saturated rings. The van der Waals surface area contributed by atoms with Crippen molar-refractivity contribution in [1.29, 1.82) is 0 Å². The van der Waals surface area contributed by atoms with Gasteiger partial charge in [-0.2, -0.15) is 0 Å². The van der Waals surface area contributed by atoms with E-state index >= 15 is 0 Å². The van der Waals surface area contributed by atoms with E-state index in [2.05, 4.69) is 0 Å². The van der Waals surface area contributed by atoms with Crippen molar-refractivity contribution in [1.82, 2.24) is 4.90 Å². The molecule has 0 bridgehead atoms. The monoisotopic (exact) mass is 213 g/mol. The molecule has 0 radical (unpaired) electrons. The third kappa shape index (κ3) is 3.90. The summed E-state index contributed by atoms with van der Waals surface area (Å²) in [6, 6.07) is 0. The first-order chi connectivity index (χ1) is 7.13. The third-order valence-corrected chi connectivity index (χ3v) is 3.00. The van der Waals surface area contributed by atoms with Gasteiger partial charge < -0.3 is 10.0 Å².